The van der Waals surface area contributed by atoms with E-state index in [0.717, 1.165) is 12.8 Å². The van der Waals surface area contributed by atoms with E-state index in [9.17, 15) is 10.2 Å². The van der Waals surface area contributed by atoms with Crippen molar-refractivity contribution in [3.05, 3.63) is 0 Å². The number of aliphatic hydroxyl groups is 3. The first-order valence-corrected chi connectivity index (χ1v) is 10.4. The third kappa shape index (κ3) is 9.90. The van der Waals surface area contributed by atoms with Crippen LogP contribution in [0.2, 0.25) is 0 Å². The number of ether oxygens (including phenoxy) is 2. The molecule has 0 amide bonds. The quantitative estimate of drug-likeness (QED) is 0.391. The van der Waals surface area contributed by atoms with Crippen LogP contribution < -0.4 is 0 Å². The van der Waals surface area contributed by atoms with E-state index in [-0.39, 0.29) is 13.2 Å². The summed E-state index contributed by atoms with van der Waals surface area (Å²) in [7, 11) is 0. The van der Waals surface area contributed by atoms with Crippen LogP contribution in [0.5, 0.6) is 0 Å². The van der Waals surface area contributed by atoms with Crippen molar-refractivity contribution in [2.75, 3.05) is 19.8 Å². The van der Waals surface area contributed by atoms with Crippen molar-refractivity contribution in [1.29, 1.82) is 0 Å². The largest absolute Gasteiger partial charge is 0.394 e. The molecule has 0 aromatic carbocycles. The van der Waals surface area contributed by atoms with E-state index < -0.39 is 24.4 Å². The van der Waals surface area contributed by atoms with Crippen molar-refractivity contribution in [2.24, 2.45) is 0 Å². The van der Waals surface area contributed by atoms with Gasteiger partial charge in [0.25, 0.3) is 0 Å². The molecule has 0 spiro atoms. The highest BCUT2D eigenvalue weighted by Gasteiger charge is 2.38. The Morgan fingerprint density at radius 1 is 0.840 bits per heavy atom. The fraction of sp³-hybridized carbons (Fsp3) is 1.00. The van der Waals surface area contributed by atoms with Crippen molar-refractivity contribution in [2.45, 2.75) is 108 Å². The normalized spacial score (nSPS) is 26.9. The van der Waals surface area contributed by atoms with Crippen molar-refractivity contribution >= 4 is 0 Å². The monoisotopic (exact) mass is 360 g/mol. The molecular formula is C20H40O5. The Hall–Kier alpha value is -0.200. The lowest BCUT2D eigenvalue weighted by molar-refractivity contribution is -0.210. The molecule has 0 radical (unpaired) electrons. The van der Waals surface area contributed by atoms with Gasteiger partial charge in [0.15, 0.2) is 0 Å². The maximum absolute atomic E-state index is 10.0. The Labute approximate surface area is 153 Å². The van der Waals surface area contributed by atoms with E-state index in [2.05, 4.69) is 6.92 Å². The van der Waals surface area contributed by atoms with E-state index in [4.69, 9.17) is 14.6 Å². The number of rotatable bonds is 15. The first-order valence-electron chi connectivity index (χ1n) is 10.4. The number of hydrogen-bond acceptors (Lipinski definition) is 5. The molecule has 1 aliphatic heterocycles. The van der Waals surface area contributed by atoms with Gasteiger partial charge in [0.05, 0.1) is 13.2 Å². The van der Waals surface area contributed by atoms with Crippen LogP contribution in [0.15, 0.2) is 0 Å². The average molecular weight is 361 g/mol. The summed E-state index contributed by atoms with van der Waals surface area (Å²) in [6.07, 6.45) is 12.4. The van der Waals surface area contributed by atoms with Gasteiger partial charge in [-0.3, -0.25) is 0 Å². The smallest absolute Gasteiger partial charge is 0.114 e. The molecule has 3 N–H and O–H groups in total. The average Bonchev–Trinajstić information content (AvgIpc) is 2.61. The molecule has 0 aromatic heterocycles. The van der Waals surface area contributed by atoms with Gasteiger partial charge in [-0.2, -0.15) is 0 Å². The first-order chi connectivity index (χ1) is 12.2. The van der Waals surface area contributed by atoms with Gasteiger partial charge in [-0.05, 0) is 6.42 Å². The zero-order valence-corrected chi connectivity index (χ0v) is 16.1. The highest BCUT2D eigenvalue weighted by Crippen LogP contribution is 2.19. The first kappa shape index (κ1) is 22.8. The molecule has 1 heterocycles. The summed E-state index contributed by atoms with van der Waals surface area (Å²) in [5, 5.41) is 29.0. The highest BCUT2D eigenvalue weighted by atomic mass is 16.6. The molecule has 1 fully saturated rings. The van der Waals surface area contributed by atoms with Crippen LogP contribution >= 0.6 is 0 Å². The zero-order chi connectivity index (χ0) is 18.3. The van der Waals surface area contributed by atoms with Crippen molar-refractivity contribution in [1.82, 2.24) is 0 Å². The lowest BCUT2D eigenvalue weighted by Crippen LogP contribution is -2.55. The lowest BCUT2D eigenvalue weighted by Gasteiger charge is -2.37. The molecular weight excluding hydrogens is 320 g/mol. The number of unbranched alkanes of at least 4 members (excludes halogenated alkanes) is 11. The van der Waals surface area contributed by atoms with Gasteiger partial charge in [-0.25, -0.2) is 0 Å². The lowest BCUT2D eigenvalue weighted by atomic mass is 10.0. The van der Waals surface area contributed by atoms with E-state index in [0.29, 0.717) is 6.61 Å². The second kappa shape index (κ2) is 14.9. The second-order valence-electron chi connectivity index (χ2n) is 7.34. The Morgan fingerprint density at radius 2 is 1.36 bits per heavy atom. The van der Waals surface area contributed by atoms with Gasteiger partial charge in [0.2, 0.25) is 0 Å². The molecule has 25 heavy (non-hydrogen) atoms. The minimum Gasteiger partial charge on any atom is -0.394 e. The Kier molecular flexibility index (Phi) is 13.6. The summed E-state index contributed by atoms with van der Waals surface area (Å²) in [5.74, 6) is 0. The fourth-order valence-corrected chi connectivity index (χ4v) is 3.39. The molecule has 1 rings (SSSR count). The summed E-state index contributed by atoms with van der Waals surface area (Å²) >= 11 is 0. The molecule has 5 nitrogen and oxygen atoms in total. The number of hydrogen-bond donors (Lipinski definition) is 3. The molecule has 4 atom stereocenters. The van der Waals surface area contributed by atoms with Crippen LogP contribution in [-0.4, -0.2) is 59.6 Å². The molecule has 0 unspecified atom stereocenters. The summed E-state index contributed by atoms with van der Waals surface area (Å²) in [5.41, 5.74) is 0. The van der Waals surface area contributed by atoms with Gasteiger partial charge in [-0.1, -0.05) is 77.6 Å². The standard InChI is InChI=1S/C20H40O5/c1-2-3-4-5-6-7-8-9-10-11-12-13-14-24-20-17(22)16-25-18(15-21)19(20)23/h17-23H,2-16H2,1H3/t17-,18+,19+,20+/m1/s1. The van der Waals surface area contributed by atoms with Crippen LogP contribution in [0.4, 0.5) is 0 Å². The maximum Gasteiger partial charge on any atom is 0.114 e. The fourth-order valence-electron chi connectivity index (χ4n) is 3.39. The van der Waals surface area contributed by atoms with E-state index in [1.165, 1.54) is 64.2 Å². The maximum atomic E-state index is 10.0. The van der Waals surface area contributed by atoms with Crippen LogP contribution in [0.3, 0.4) is 0 Å². The summed E-state index contributed by atoms with van der Waals surface area (Å²) in [6.45, 7) is 2.64. The molecule has 5 heteroatoms. The summed E-state index contributed by atoms with van der Waals surface area (Å²) < 4.78 is 10.8. The van der Waals surface area contributed by atoms with Crippen LogP contribution in [0.25, 0.3) is 0 Å². The molecule has 150 valence electrons. The van der Waals surface area contributed by atoms with Gasteiger partial charge < -0.3 is 24.8 Å². The van der Waals surface area contributed by atoms with Gasteiger partial charge in [0, 0.05) is 6.61 Å². The van der Waals surface area contributed by atoms with E-state index in [1.54, 1.807) is 0 Å². The SMILES string of the molecule is CCCCCCCCCCCCCCO[C@@H]1[C@@H](O)[C@H](CO)OC[C@H]1O. The van der Waals surface area contributed by atoms with Crippen LogP contribution in [0.1, 0.15) is 84.0 Å². The van der Waals surface area contributed by atoms with Gasteiger partial charge in [-0.15, -0.1) is 0 Å². The molecule has 0 aromatic rings. The van der Waals surface area contributed by atoms with Crippen LogP contribution in [0, 0.1) is 0 Å². The van der Waals surface area contributed by atoms with E-state index >= 15 is 0 Å². The van der Waals surface area contributed by atoms with Gasteiger partial charge in [0.1, 0.15) is 24.4 Å². The molecule has 1 aliphatic rings. The predicted octanol–water partition coefficient (Wildman–Crippen LogP) is 3.19. The zero-order valence-electron chi connectivity index (χ0n) is 16.1. The topological polar surface area (TPSA) is 79.2 Å². The van der Waals surface area contributed by atoms with E-state index in [1.807, 2.05) is 0 Å². The van der Waals surface area contributed by atoms with Crippen molar-refractivity contribution in [3.8, 4) is 0 Å². The molecule has 0 saturated carbocycles. The molecule has 0 bridgehead atoms. The molecule has 1 saturated heterocycles. The second-order valence-corrected chi connectivity index (χ2v) is 7.34. The predicted molar refractivity (Wildman–Crippen MR) is 99.7 cm³/mol. The third-order valence-corrected chi connectivity index (χ3v) is 5.07. The molecule has 0 aliphatic carbocycles. The highest BCUT2D eigenvalue weighted by molar-refractivity contribution is 4.87. The minimum absolute atomic E-state index is 0.103. The third-order valence-electron chi connectivity index (χ3n) is 5.07. The van der Waals surface area contributed by atoms with Gasteiger partial charge >= 0.3 is 0 Å². The van der Waals surface area contributed by atoms with Crippen LogP contribution in [-0.2, 0) is 9.47 Å². The summed E-state index contributed by atoms with van der Waals surface area (Å²) in [6, 6.07) is 0. The van der Waals surface area contributed by atoms with Crippen molar-refractivity contribution < 1.29 is 24.8 Å². The van der Waals surface area contributed by atoms with Crippen molar-refractivity contribution in [3.63, 3.8) is 0 Å². The Bertz CT molecular complexity index is 300. The minimum atomic E-state index is -0.967. The summed E-state index contributed by atoms with van der Waals surface area (Å²) in [4.78, 5) is 0. The number of aliphatic hydroxyl groups excluding tert-OH is 3. The Morgan fingerprint density at radius 3 is 1.88 bits per heavy atom. The Balaban J connectivity index is 1.91.